The molecular weight excluding hydrogens is 342 g/mol. The zero-order chi connectivity index (χ0) is 20.7. The van der Waals surface area contributed by atoms with Crippen LogP contribution in [0.5, 0.6) is 0 Å². The van der Waals surface area contributed by atoms with Crippen LogP contribution < -0.4 is 5.32 Å². The summed E-state index contributed by atoms with van der Waals surface area (Å²) in [6.45, 7) is 7.53. The minimum atomic E-state index is -0.160. The van der Waals surface area contributed by atoms with E-state index in [2.05, 4.69) is 37.0 Å². The maximum absolute atomic E-state index is 11.2. The molecule has 0 saturated heterocycles. The number of carbonyl (C=O) groups is 1. The van der Waals surface area contributed by atoms with Gasteiger partial charge in [-0.25, -0.2) is 0 Å². The highest BCUT2D eigenvalue weighted by molar-refractivity contribution is 5.92. The first-order valence-electron chi connectivity index (χ1n) is 11.0. The predicted molar refractivity (Wildman–Crippen MR) is 125 cm³/mol. The summed E-state index contributed by atoms with van der Waals surface area (Å²) in [5, 5.41) is 2.62. The van der Waals surface area contributed by atoms with Crippen LogP contribution in [0, 0.1) is 0 Å². The number of hydrogen-bond donors (Lipinski definition) is 1. The number of unbranched alkanes of at least 4 members (excludes halogenated alkanes) is 10. The molecule has 0 aliphatic rings. The van der Waals surface area contributed by atoms with E-state index in [0.29, 0.717) is 5.57 Å². The van der Waals surface area contributed by atoms with Crippen LogP contribution in [0.4, 0.5) is 0 Å². The molecule has 0 atom stereocenters. The molecule has 0 saturated carbocycles. The predicted octanol–water partition coefficient (Wildman–Crippen LogP) is 7.73. The third-order valence-corrected chi connectivity index (χ3v) is 4.34. The van der Waals surface area contributed by atoms with Crippen molar-refractivity contribution in [2.75, 3.05) is 0 Å². The third-order valence-electron chi connectivity index (χ3n) is 4.34. The Hall–Kier alpha value is -2.09. The van der Waals surface area contributed by atoms with Gasteiger partial charge in [-0.3, -0.25) is 4.79 Å². The molecule has 0 radical (unpaired) electrons. The molecule has 0 unspecified atom stereocenters. The van der Waals surface area contributed by atoms with Gasteiger partial charge < -0.3 is 5.32 Å². The smallest absolute Gasteiger partial charge is 0.250 e. The van der Waals surface area contributed by atoms with Gasteiger partial charge in [-0.05, 0) is 25.8 Å². The third kappa shape index (κ3) is 20.2. The second-order valence-electron chi connectivity index (χ2n) is 7.17. The summed E-state index contributed by atoms with van der Waals surface area (Å²) >= 11 is 0. The van der Waals surface area contributed by atoms with Crippen LogP contribution in [0.2, 0.25) is 0 Å². The number of carbonyl (C=O) groups excluding carboxylic acids is 1. The molecule has 0 heterocycles. The van der Waals surface area contributed by atoms with E-state index in [4.69, 9.17) is 0 Å². The second-order valence-corrected chi connectivity index (χ2v) is 7.17. The van der Waals surface area contributed by atoms with Gasteiger partial charge in [-0.15, -0.1) is 0 Å². The van der Waals surface area contributed by atoms with Crippen LogP contribution in [0.15, 0.2) is 73.0 Å². The Morgan fingerprint density at radius 1 is 0.714 bits per heavy atom. The van der Waals surface area contributed by atoms with Gasteiger partial charge in [-0.1, -0.05) is 120 Å². The van der Waals surface area contributed by atoms with Crippen molar-refractivity contribution in [3.63, 3.8) is 0 Å². The summed E-state index contributed by atoms with van der Waals surface area (Å²) in [6.07, 6.45) is 34.6. The average molecular weight is 384 g/mol. The Bertz CT molecular complexity index is 535. The molecule has 156 valence electrons. The molecule has 0 rings (SSSR count). The summed E-state index contributed by atoms with van der Waals surface area (Å²) in [7, 11) is 0. The van der Waals surface area contributed by atoms with E-state index in [0.717, 1.165) is 0 Å². The first-order chi connectivity index (χ1) is 13.7. The van der Waals surface area contributed by atoms with E-state index in [-0.39, 0.29) is 5.91 Å². The van der Waals surface area contributed by atoms with Gasteiger partial charge in [0.1, 0.15) is 0 Å². The summed E-state index contributed by atoms with van der Waals surface area (Å²) in [5.41, 5.74) is 0.500. The number of rotatable bonds is 17. The standard InChI is InChI=1S/C26H41NO/c1-4-5-6-7-8-9-10-11-12-13-14-15-16-17-18-19-20-21-22-23-24-27-26(28)25(2)3/h15-24H,2,4-14H2,1,3H3,(H,27,28). The molecule has 0 aliphatic heterocycles. The number of allylic oxidation sites excluding steroid dienone is 9. The first-order valence-corrected chi connectivity index (χ1v) is 11.0. The monoisotopic (exact) mass is 383 g/mol. The fourth-order valence-corrected chi connectivity index (χ4v) is 2.61. The minimum absolute atomic E-state index is 0.160. The Morgan fingerprint density at radius 2 is 1.18 bits per heavy atom. The Morgan fingerprint density at radius 3 is 1.71 bits per heavy atom. The van der Waals surface area contributed by atoms with Gasteiger partial charge >= 0.3 is 0 Å². The van der Waals surface area contributed by atoms with Crippen LogP contribution in [-0.2, 0) is 4.79 Å². The van der Waals surface area contributed by atoms with Crippen LogP contribution in [0.25, 0.3) is 0 Å². The van der Waals surface area contributed by atoms with Gasteiger partial charge in [-0.2, -0.15) is 0 Å². The molecule has 1 N–H and O–H groups in total. The molecule has 2 nitrogen and oxygen atoms in total. The number of nitrogens with one attached hydrogen (secondary N) is 1. The summed E-state index contributed by atoms with van der Waals surface area (Å²) < 4.78 is 0. The van der Waals surface area contributed by atoms with Crippen molar-refractivity contribution < 1.29 is 4.79 Å². The first kappa shape index (κ1) is 25.9. The van der Waals surface area contributed by atoms with Gasteiger partial charge in [0, 0.05) is 11.8 Å². The maximum atomic E-state index is 11.2. The van der Waals surface area contributed by atoms with Gasteiger partial charge in [0.25, 0.3) is 0 Å². The number of hydrogen-bond acceptors (Lipinski definition) is 1. The summed E-state index contributed by atoms with van der Waals surface area (Å²) in [6, 6.07) is 0. The highest BCUT2D eigenvalue weighted by Gasteiger charge is 1.95. The highest BCUT2D eigenvalue weighted by atomic mass is 16.1. The van der Waals surface area contributed by atoms with Crippen molar-refractivity contribution in [2.45, 2.75) is 84.5 Å². The van der Waals surface area contributed by atoms with Gasteiger partial charge in [0.05, 0.1) is 0 Å². The molecule has 0 aromatic carbocycles. The molecule has 0 aliphatic carbocycles. The highest BCUT2D eigenvalue weighted by Crippen LogP contribution is 2.11. The fourth-order valence-electron chi connectivity index (χ4n) is 2.61. The Balaban J connectivity index is 3.52. The van der Waals surface area contributed by atoms with Gasteiger partial charge in [0.15, 0.2) is 0 Å². The van der Waals surface area contributed by atoms with E-state index >= 15 is 0 Å². The molecule has 0 fully saturated rings. The van der Waals surface area contributed by atoms with Crippen molar-refractivity contribution in [3.8, 4) is 0 Å². The largest absolute Gasteiger partial charge is 0.329 e. The quantitative estimate of drug-likeness (QED) is 0.155. The SMILES string of the molecule is C=C(C)C(=O)NC=CC=CC=CC=CC=CCCCCCCCCCCCC. The zero-order valence-electron chi connectivity index (χ0n) is 18.2. The van der Waals surface area contributed by atoms with E-state index in [1.165, 1.54) is 70.6 Å². The van der Waals surface area contributed by atoms with E-state index < -0.39 is 0 Å². The number of amides is 1. The molecule has 0 aromatic rings. The fraction of sp³-hybridized carbons (Fsp3) is 0.500. The van der Waals surface area contributed by atoms with Gasteiger partial charge in [0.2, 0.25) is 5.91 Å². The molecule has 28 heavy (non-hydrogen) atoms. The lowest BCUT2D eigenvalue weighted by molar-refractivity contribution is -0.116. The molecule has 2 heteroatoms. The average Bonchev–Trinajstić information content (AvgIpc) is 2.68. The van der Waals surface area contributed by atoms with Crippen LogP contribution in [-0.4, -0.2) is 5.91 Å². The summed E-state index contributed by atoms with van der Waals surface area (Å²) in [4.78, 5) is 11.2. The topological polar surface area (TPSA) is 29.1 Å². The van der Waals surface area contributed by atoms with Crippen molar-refractivity contribution in [1.29, 1.82) is 0 Å². The molecular formula is C26H41NO. The molecule has 0 spiro atoms. The zero-order valence-corrected chi connectivity index (χ0v) is 18.2. The van der Waals surface area contributed by atoms with Crippen molar-refractivity contribution in [3.05, 3.63) is 73.0 Å². The van der Waals surface area contributed by atoms with E-state index in [1.54, 1.807) is 19.2 Å². The Labute approximate surface area is 173 Å². The van der Waals surface area contributed by atoms with Crippen LogP contribution in [0.1, 0.15) is 84.5 Å². The lowest BCUT2D eigenvalue weighted by Crippen LogP contribution is -2.16. The van der Waals surface area contributed by atoms with Crippen LogP contribution in [0.3, 0.4) is 0 Å². The lowest BCUT2D eigenvalue weighted by atomic mass is 10.1. The van der Waals surface area contributed by atoms with Crippen molar-refractivity contribution >= 4 is 5.91 Å². The lowest BCUT2D eigenvalue weighted by Gasteiger charge is -2.01. The van der Waals surface area contributed by atoms with Crippen molar-refractivity contribution in [1.82, 2.24) is 5.32 Å². The molecule has 0 aromatic heterocycles. The van der Waals surface area contributed by atoms with Crippen LogP contribution >= 0.6 is 0 Å². The molecule has 1 amide bonds. The van der Waals surface area contributed by atoms with Crippen molar-refractivity contribution in [2.24, 2.45) is 0 Å². The normalized spacial score (nSPS) is 12.4. The summed E-state index contributed by atoms with van der Waals surface area (Å²) in [5.74, 6) is -0.160. The second kappa shape index (κ2) is 21.2. The minimum Gasteiger partial charge on any atom is -0.329 e. The molecule has 0 bridgehead atoms. The van der Waals surface area contributed by atoms with E-state index in [1.807, 2.05) is 30.4 Å². The maximum Gasteiger partial charge on any atom is 0.250 e. The van der Waals surface area contributed by atoms with E-state index in [9.17, 15) is 4.79 Å². The Kier molecular flexibility index (Phi) is 19.6.